The summed E-state index contributed by atoms with van der Waals surface area (Å²) >= 11 is 3.51. The average Bonchev–Trinajstić information content (AvgIpc) is 3.05. The van der Waals surface area contributed by atoms with Crippen LogP contribution >= 0.6 is 15.9 Å². The third kappa shape index (κ3) is 3.37. The van der Waals surface area contributed by atoms with Crippen molar-refractivity contribution in [1.82, 2.24) is 4.57 Å². The van der Waals surface area contributed by atoms with Gasteiger partial charge >= 0.3 is 0 Å². The summed E-state index contributed by atoms with van der Waals surface area (Å²) in [4.78, 5) is 2.38. The van der Waals surface area contributed by atoms with Gasteiger partial charge in [-0.15, -0.1) is 0 Å². The van der Waals surface area contributed by atoms with Gasteiger partial charge in [-0.3, -0.25) is 0 Å². The summed E-state index contributed by atoms with van der Waals surface area (Å²) in [6, 6.07) is 21.7. The van der Waals surface area contributed by atoms with Crippen molar-refractivity contribution in [2.24, 2.45) is 0 Å². The number of rotatable bonds is 3. The summed E-state index contributed by atoms with van der Waals surface area (Å²) < 4.78 is 8.85. The van der Waals surface area contributed by atoms with Crippen molar-refractivity contribution >= 4 is 21.6 Å². The highest BCUT2D eigenvalue weighted by atomic mass is 79.9. The Morgan fingerprint density at radius 2 is 1.44 bits per heavy atom. The first kappa shape index (κ1) is 16.4. The minimum atomic E-state index is 0.812. The van der Waals surface area contributed by atoms with Gasteiger partial charge in [0.1, 0.15) is 0 Å². The van der Waals surface area contributed by atoms with Crippen LogP contribution in [0.25, 0.3) is 16.9 Å². The predicted octanol–water partition coefficient (Wildman–Crippen LogP) is 5.05. The van der Waals surface area contributed by atoms with Gasteiger partial charge in [0.05, 0.1) is 18.9 Å². The van der Waals surface area contributed by atoms with Crippen LogP contribution in [0.3, 0.4) is 0 Å². The zero-order valence-electron chi connectivity index (χ0n) is 14.3. The molecule has 25 heavy (non-hydrogen) atoms. The van der Waals surface area contributed by atoms with E-state index in [0.29, 0.717) is 0 Å². The Hall–Kier alpha value is -2.04. The molecular formula is C21H21BrN2O. The zero-order valence-corrected chi connectivity index (χ0v) is 15.9. The van der Waals surface area contributed by atoms with Crippen molar-refractivity contribution in [1.29, 1.82) is 0 Å². The first-order valence-electron chi connectivity index (χ1n) is 8.60. The molecule has 0 atom stereocenters. The normalized spacial score (nSPS) is 14.7. The molecule has 0 N–H and O–H groups in total. The van der Waals surface area contributed by atoms with E-state index in [1.54, 1.807) is 0 Å². The molecular weight excluding hydrogens is 376 g/mol. The highest BCUT2D eigenvalue weighted by Gasteiger charge is 2.13. The molecule has 128 valence electrons. The second-order valence-electron chi connectivity index (χ2n) is 6.32. The van der Waals surface area contributed by atoms with Crippen LogP contribution in [0, 0.1) is 6.92 Å². The van der Waals surface area contributed by atoms with Crippen LogP contribution in [0.1, 0.15) is 5.69 Å². The fraction of sp³-hybridized carbons (Fsp3) is 0.238. The summed E-state index contributed by atoms with van der Waals surface area (Å²) in [6.45, 7) is 5.70. The summed E-state index contributed by atoms with van der Waals surface area (Å²) in [5.41, 5.74) is 6.12. The van der Waals surface area contributed by atoms with E-state index in [9.17, 15) is 0 Å². The van der Waals surface area contributed by atoms with Gasteiger partial charge in [-0.05, 0) is 61.0 Å². The van der Waals surface area contributed by atoms with Crippen LogP contribution < -0.4 is 4.90 Å². The van der Waals surface area contributed by atoms with Gasteiger partial charge in [0, 0.05) is 34.6 Å². The number of hydrogen-bond donors (Lipinski definition) is 0. The van der Waals surface area contributed by atoms with Gasteiger partial charge in [0.2, 0.25) is 0 Å². The Balaban J connectivity index is 1.67. The molecule has 0 saturated carbocycles. The van der Waals surface area contributed by atoms with Gasteiger partial charge < -0.3 is 14.2 Å². The molecule has 0 spiro atoms. The molecule has 3 nitrogen and oxygen atoms in total. The summed E-state index contributed by atoms with van der Waals surface area (Å²) in [5.74, 6) is 0. The Bertz CT molecular complexity index is 847. The number of morpholine rings is 1. The van der Waals surface area contributed by atoms with Crippen molar-refractivity contribution in [2.45, 2.75) is 6.92 Å². The molecule has 0 amide bonds. The average molecular weight is 397 g/mol. The van der Waals surface area contributed by atoms with Crippen molar-refractivity contribution in [3.63, 3.8) is 0 Å². The number of halogens is 1. The fourth-order valence-corrected chi connectivity index (χ4v) is 3.63. The Morgan fingerprint density at radius 1 is 0.800 bits per heavy atom. The van der Waals surface area contributed by atoms with Crippen LogP contribution in [0.4, 0.5) is 5.69 Å². The van der Waals surface area contributed by atoms with E-state index in [4.69, 9.17) is 4.74 Å². The topological polar surface area (TPSA) is 17.4 Å². The largest absolute Gasteiger partial charge is 0.378 e. The first-order valence-corrected chi connectivity index (χ1v) is 9.39. The zero-order chi connectivity index (χ0) is 17.2. The molecule has 0 radical (unpaired) electrons. The number of anilines is 1. The monoisotopic (exact) mass is 396 g/mol. The van der Waals surface area contributed by atoms with Gasteiger partial charge in [0.15, 0.2) is 0 Å². The van der Waals surface area contributed by atoms with Crippen molar-refractivity contribution in [3.05, 3.63) is 70.8 Å². The first-order chi connectivity index (χ1) is 12.2. The highest BCUT2D eigenvalue weighted by Crippen LogP contribution is 2.28. The van der Waals surface area contributed by atoms with Crippen molar-refractivity contribution in [3.8, 4) is 16.9 Å². The number of nitrogens with zero attached hydrogens (tertiary/aromatic N) is 2. The standard InChI is InChI=1S/C21H21BrN2O/c1-16-2-11-21(17-3-5-18(22)6-4-17)24(16)20-9-7-19(8-10-20)23-12-14-25-15-13-23/h2-11H,12-15H2,1H3. The Morgan fingerprint density at radius 3 is 2.12 bits per heavy atom. The number of hydrogen-bond acceptors (Lipinski definition) is 2. The summed E-state index contributed by atoms with van der Waals surface area (Å²) in [5, 5.41) is 0. The van der Waals surface area contributed by atoms with E-state index in [1.165, 1.54) is 28.3 Å². The minimum absolute atomic E-state index is 0.812. The van der Waals surface area contributed by atoms with Gasteiger partial charge in [0.25, 0.3) is 0 Å². The smallest absolute Gasteiger partial charge is 0.0642 e. The lowest BCUT2D eigenvalue weighted by Crippen LogP contribution is -2.36. The molecule has 1 aromatic heterocycles. The SMILES string of the molecule is Cc1ccc(-c2ccc(Br)cc2)n1-c1ccc(N2CCOCC2)cc1. The highest BCUT2D eigenvalue weighted by molar-refractivity contribution is 9.10. The van der Waals surface area contributed by atoms with Crippen LogP contribution in [0.2, 0.25) is 0 Å². The summed E-state index contributed by atoms with van der Waals surface area (Å²) in [7, 11) is 0. The number of aromatic nitrogens is 1. The molecule has 1 aliphatic heterocycles. The number of ether oxygens (including phenoxy) is 1. The molecule has 1 aliphatic rings. The van der Waals surface area contributed by atoms with E-state index < -0.39 is 0 Å². The molecule has 4 rings (SSSR count). The van der Waals surface area contributed by atoms with Crippen LogP contribution in [-0.4, -0.2) is 30.9 Å². The number of benzene rings is 2. The number of aryl methyl sites for hydroxylation is 1. The van der Waals surface area contributed by atoms with E-state index in [0.717, 1.165) is 30.8 Å². The maximum Gasteiger partial charge on any atom is 0.0642 e. The van der Waals surface area contributed by atoms with Gasteiger partial charge in [-0.25, -0.2) is 0 Å². The molecule has 3 aromatic rings. The molecule has 1 fully saturated rings. The lowest BCUT2D eigenvalue weighted by molar-refractivity contribution is 0.122. The maximum absolute atomic E-state index is 5.44. The second-order valence-corrected chi connectivity index (χ2v) is 7.23. The van der Waals surface area contributed by atoms with E-state index in [2.05, 4.69) is 93.0 Å². The Kier molecular flexibility index (Phi) is 4.64. The quantitative estimate of drug-likeness (QED) is 0.615. The fourth-order valence-electron chi connectivity index (χ4n) is 3.36. The molecule has 2 heterocycles. The van der Waals surface area contributed by atoms with E-state index >= 15 is 0 Å². The molecule has 0 aliphatic carbocycles. The van der Waals surface area contributed by atoms with E-state index in [-0.39, 0.29) is 0 Å². The third-order valence-electron chi connectivity index (χ3n) is 4.70. The van der Waals surface area contributed by atoms with Crippen molar-refractivity contribution < 1.29 is 4.74 Å². The molecule has 1 saturated heterocycles. The summed E-state index contributed by atoms with van der Waals surface area (Å²) in [6.07, 6.45) is 0. The molecule has 2 aromatic carbocycles. The predicted molar refractivity (Wildman–Crippen MR) is 107 cm³/mol. The van der Waals surface area contributed by atoms with Gasteiger partial charge in [-0.1, -0.05) is 28.1 Å². The second kappa shape index (κ2) is 7.06. The van der Waals surface area contributed by atoms with Crippen LogP contribution in [0.15, 0.2) is 65.1 Å². The Labute approximate surface area is 157 Å². The molecule has 0 bridgehead atoms. The maximum atomic E-state index is 5.44. The minimum Gasteiger partial charge on any atom is -0.378 e. The van der Waals surface area contributed by atoms with Crippen LogP contribution in [-0.2, 0) is 4.74 Å². The molecule has 0 unspecified atom stereocenters. The lowest BCUT2D eigenvalue weighted by Gasteiger charge is -2.29. The van der Waals surface area contributed by atoms with E-state index in [1.807, 2.05) is 0 Å². The van der Waals surface area contributed by atoms with Crippen LogP contribution in [0.5, 0.6) is 0 Å². The van der Waals surface area contributed by atoms with Gasteiger partial charge in [-0.2, -0.15) is 0 Å². The van der Waals surface area contributed by atoms with Crippen molar-refractivity contribution in [2.75, 3.05) is 31.2 Å². The lowest BCUT2D eigenvalue weighted by atomic mass is 10.1. The third-order valence-corrected chi connectivity index (χ3v) is 5.23. The molecule has 4 heteroatoms.